The van der Waals surface area contributed by atoms with Crippen LogP contribution in [0.2, 0.25) is 5.54 Å². The monoisotopic (exact) mass is 293 g/mol. The van der Waals surface area contributed by atoms with Gasteiger partial charge < -0.3 is 0 Å². The Morgan fingerprint density at radius 1 is 0.905 bits per heavy atom. The molecule has 0 saturated carbocycles. The predicted octanol–water partition coefficient (Wildman–Crippen LogP) is 3.36. The number of nitrogens with zero attached hydrogens (tertiary/aromatic N) is 1. The SMILES string of the molecule is CC(C)C(CCC#N)[SiH](c1ccccc1)c1ccccc1. The fraction of sp³-hybridized carbons (Fsp3) is 0.316. The number of hydrogen-bond acceptors (Lipinski definition) is 1. The largest absolute Gasteiger partial charge is 0.198 e. The number of rotatable bonds is 6. The molecule has 0 aliphatic heterocycles. The molecule has 1 atom stereocenters. The Morgan fingerprint density at radius 2 is 1.38 bits per heavy atom. The van der Waals surface area contributed by atoms with Crippen LogP contribution in [0.3, 0.4) is 0 Å². The summed E-state index contributed by atoms with van der Waals surface area (Å²) < 4.78 is 0. The molecule has 1 nitrogen and oxygen atoms in total. The molecule has 0 heterocycles. The molecule has 2 rings (SSSR count). The van der Waals surface area contributed by atoms with Crippen molar-refractivity contribution in [3.63, 3.8) is 0 Å². The molecular formula is C19H23NSi. The van der Waals surface area contributed by atoms with Crippen molar-refractivity contribution < 1.29 is 0 Å². The second-order valence-corrected chi connectivity index (χ2v) is 9.05. The first kappa shape index (κ1) is 15.5. The van der Waals surface area contributed by atoms with Crippen LogP contribution in [-0.4, -0.2) is 8.80 Å². The lowest BCUT2D eigenvalue weighted by Gasteiger charge is -2.29. The fourth-order valence-corrected chi connectivity index (χ4v) is 7.04. The maximum absolute atomic E-state index is 8.99. The summed E-state index contributed by atoms with van der Waals surface area (Å²) in [6.07, 6.45) is 1.67. The standard InChI is InChI=1S/C19H23NSi/c1-16(2)19(14-9-15-20)21(17-10-5-3-6-11-17)18-12-7-4-8-13-18/h3-8,10-13,16,19,21H,9,14H2,1-2H3. The Morgan fingerprint density at radius 3 is 1.76 bits per heavy atom. The Labute approximate surface area is 129 Å². The van der Waals surface area contributed by atoms with Gasteiger partial charge in [0.1, 0.15) is 8.80 Å². The number of nitriles is 1. The van der Waals surface area contributed by atoms with Crippen molar-refractivity contribution in [2.75, 3.05) is 0 Å². The van der Waals surface area contributed by atoms with Gasteiger partial charge >= 0.3 is 0 Å². The lowest BCUT2D eigenvalue weighted by atomic mass is 10.1. The number of hydrogen-bond donors (Lipinski definition) is 0. The summed E-state index contributed by atoms with van der Waals surface area (Å²) in [6, 6.07) is 24.1. The zero-order valence-electron chi connectivity index (χ0n) is 12.9. The number of benzene rings is 2. The van der Waals surface area contributed by atoms with Crippen molar-refractivity contribution in [3.8, 4) is 6.07 Å². The third-order valence-corrected chi connectivity index (χ3v) is 8.36. The molecule has 0 aliphatic rings. The fourth-order valence-electron chi connectivity index (χ4n) is 3.12. The minimum atomic E-state index is -1.31. The van der Waals surface area contributed by atoms with E-state index in [1.165, 1.54) is 10.4 Å². The molecule has 0 radical (unpaired) electrons. The molecule has 0 amide bonds. The second-order valence-electron chi connectivity index (χ2n) is 5.90. The predicted molar refractivity (Wildman–Crippen MR) is 92.7 cm³/mol. The summed E-state index contributed by atoms with van der Waals surface area (Å²) in [6.45, 7) is 4.60. The van der Waals surface area contributed by atoms with Crippen LogP contribution in [0.1, 0.15) is 26.7 Å². The molecule has 0 bridgehead atoms. The van der Waals surface area contributed by atoms with Crippen LogP contribution in [0.25, 0.3) is 0 Å². The average molecular weight is 293 g/mol. The molecule has 0 aromatic heterocycles. The van der Waals surface area contributed by atoms with Crippen molar-refractivity contribution in [2.45, 2.75) is 32.2 Å². The van der Waals surface area contributed by atoms with E-state index in [-0.39, 0.29) is 0 Å². The van der Waals surface area contributed by atoms with Gasteiger partial charge in [-0.3, -0.25) is 0 Å². The van der Waals surface area contributed by atoms with E-state index in [2.05, 4.69) is 80.6 Å². The van der Waals surface area contributed by atoms with E-state index in [0.29, 0.717) is 17.9 Å². The maximum atomic E-state index is 8.99. The van der Waals surface area contributed by atoms with E-state index in [1.54, 1.807) is 0 Å². The van der Waals surface area contributed by atoms with Crippen LogP contribution < -0.4 is 10.4 Å². The maximum Gasteiger partial charge on any atom is 0.106 e. The molecule has 0 aliphatic carbocycles. The van der Waals surface area contributed by atoms with Gasteiger partial charge in [0.25, 0.3) is 0 Å². The second kappa shape index (κ2) is 7.80. The summed E-state index contributed by atoms with van der Waals surface area (Å²) in [7, 11) is -1.31. The molecule has 0 N–H and O–H groups in total. The quantitative estimate of drug-likeness (QED) is 0.749. The molecule has 2 heteroatoms. The first-order chi connectivity index (χ1) is 10.2. The van der Waals surface area contributed by atoms with Crippen LogP contribution in [0.5, 0.6) is 0 Å². The Bertz CT molecular complexity index is 532. The lowest BCUT2D eigenvalue weighted by Crippen LogP contribution is -2.47. The highest BCUT2D eigenvalue weighted by Gasteiger charge is 2.28. The Hall–Kier alpha value is -1.85. The van der Waals surface area contributed by atoms with Gasteiger partial charge in [-0.2, -0.15) is 5.26 Å². The minimum absolute atomic E-state index is 0.607. The van der Waals surface area contributed by atoms with Gasteiger partial charge in [-0.1, -0.05) is 84.9 Å². The van der Waals surface area contributed by atoms with Gasteiger partial charge in [-0.15, -0.1) is 0 Å². The van der Waals surface area contributed by atoms with Crippen molar-refractivity contribution in [1.82, 2.24) is 0 Å². The van der Waals surface area contributed by atoms with E-state index in [4.69, 9.17) is 5.26 Å². The van der Waals surface area contributed by atoms with E-state index in [1.807, 2.05) is 0 Å². The normalized spacial score (nSPS) is 12.3. The van der Waals surface area contributed by atoms with Crippen molar-refractivity contribution in [2.24, 2.45) is 5.92 Å². The topological polar surface area (TPSA) is 23.8 Å². The van der Waals surface area contributed by atoms with Crippen LogP contribution in [0.15, 0.2) is 60.7 Å². The molecule has 0 saturated heterocycles. The summed E-state index contributed by atoms with van der Waals surface area (Å²) in [5, 5.41) is 12.0. The Balaban J connectivity index is 2.42. The van der Waals surface area contributed by atoms with Gasteiger partial charge in [0.05, 0.1) is 6.07 Å². The van der Waals surface area contributed by atoms with Crippen LogP contribution in [0, 0.1) is 17.2 Å². The highest BCUT2D eigenvalue weighted by Crippen LogP contribution is 2.27. The molecule has 2 aromatic carbocycles. The molecule has 0 spiro atoms. The summed E-state index contributed by atoms with van der Waals surface area (Å²) in [4.78, 5) is 0. The molecule has 1 unspecified atom stereocenters. The van der Waals surface area contributed by atoms with Crippen LogP contribution >= 0.6 is 0 Å². The van der Waals surface area contributed by atoms with Gasteiger partial charge in [-0.05, 0) is 17.9 Å². The lowest BCUT2D eigenvalue weighted by molar-refractivity contribution is 0.554. The summed E-state index contributed by atoms with van der Waals surface area (Å²) in [5.41, 5.74) is 0.620. The zero-order chi connectivity index (χ0) is 15.1. The minimum Gasteiger partial charge on any atom is -0.198 e. The van der Waals surface area contributed by atoms with Gasteiger partial charge in [0.15, 0.2) is 0 Å². The van der Waals surface area contributed by atoms with Crippen molar-refractivity contribution in [3.05, 3.63) is 60.7 Å². The molecule has 21 heavy (non-hydrogen) atoms. The van der Waals surface area contributed by atoms with Crippen LogP contribution in [-0.2, 0) is 0 Å². The van der Waals surface area contributed by atoms with E-state index in [0.717, 1.165) is 6.42 Å². The molecule has 108 valence electrons. The van der Waals surface area contributed by atoms with E-state index >= 15 is 0 Å². The molecule has 2 aromatic rings. The van der Waals surface area contributed by atoms with Gasteiger partial charge in [-0.25, -0.2) is 0 Å². The highest BCUT2D eigenvalue weighted by molar-refractivity contribution is 6.86. The highest BCUT2D eigenvalue weighted by atomic mass is 28.3. The third-order valence-electron chi connectivity index (χ3n) is 4.19. The summed E-state index contributed by atoms with van der Waals surface area (Å²) in [5.74, 6) is 0.607. The Kier molecular flexibility index (Phi) is 5.77. The zero-order valence-corrected chi connectivity index (χ0v) is 14.0. The van der Waals surface area contributed by atoms with Crippen LogP contribution in [0.4, 0.5) is 0 Å². The first-order valence-corrected chi connectivity index (χ1v) is 9.53. The molecular weight excluding hydrogens is 270 g/mol. The smallest absolute Gasteiger partial charge is 0.106 e. The van der Waals surface area contributed by atoms with Gasteiger partial charge in [0.2, 0.25) is 0 Å². The van der Waals surface area contributed by atoms with Crippen molar-refractivity contribution in [1.29, 1.82) is 5.26 Å². The summed E-state index contributed by atoms with van der Waals surface area (Å²) >= 11 is 0. The van der Waals surface area contributed by atoms with Crippen molar-refractivity contribution >= 4 is 19.2 Å². The average Bonchev–Trinajstić information content (AvgIpc) is 2.53. The molecule has 0 fully saturated rings. The van der Waals surface area contributed by atoms with Gasteiger partial charge in [0, 0.05) is 6.42 Å². The van der Waals surface area contributed by atoms with E-state index in [9.17, 15) is 0 Å². The van der Waals surface area contributed by atoms with E-state index < -0.39 is 8.80 Å². The first-order valence-electron chi connectivity index (χ1n) is 7.71. The third kappa shape index (κ3) is 4.06.